The van der Waals surface area contributed by atoms with Crippen molar-refractivity contribution in [3.63, 3.8) is 0 Å². The van der Waals surface area contributed by atoms with Crippen LogP contribution in [0.15, 0.2) is 0 Å². The van der Waals surface area contributed by atoms with E-state index < -0.39 is 5.60 Å². The van der Waals surface area contributed by atoms with Crippen molar-refractivity contribution in [2.75, 3.05) is 19.6 Å². The molecule has 11 heavy (non-hydrogen) atoms. The van der Waals surface area contributed by atoms with E-state index in [1.807, 2.05) is 6.92 Å². The van der Waals surface area contributed by atoms with Gasteiger partial charge in [0.1, 0.15) is 0 Å². The van der Waals surface area contributed by atoms with E-state index in [1.165, 1.54) is 0 Å². The zero-order chi connectivity index (χ0) is 8.32. The van der Waals surface area contributed by atoms with Gasteiger partial charge in [-0.15, -0.1) is 0 Å². The molecule has 1 rings (SSSR count). The molecular weight excluding hydrogens is 138 g/mol. The third kappa shape index (κ3) is 2.80. The van der Waals surface area contributed by atoms with Crippen molar-refractivity contribution >= 4 is 0 Å². The molecule has 65 valence electrons. The molecule has 0 bridgehead atoms. The van der Waals surface area contributed by atoms with Crippen molar-refractivity contribution in [3.05, 3.63) is 6.92 Å². The molecule has 0 aromatic carbocycles. The highest BCUT2D eigenvalue weighted by atomic mass is 16.3. The lowest BCUT2D eigenvalue weighted by Crippen LogP contribution is -2.42. The Kier molecular flexibility index (Phi) is 2.90. The average molecular weight is 156 g/mol. The fourth-order valence-corrected chi connectivity index (χ4v) is 1.48. The molecule has 0 atom stereocenters. The smallest absolute Gasteiger partial charge is 0.0644 e. The van der Waals surface area contributed by atoms with Crippen LogP contribution < -0.4 is 0 Å². The maximum atomic E-state index is 9.62. The molecule has 0 amide bonds. The predicted molar refractivity (Wildman–Crippen MR) is 46.3 cm³/mol. The van der Waals surface area contributed by atoms with E-state index in [2.05, 4.69) is 11.8 Å². The molecule has 0 aromatic rings. The minimum atomic E-state index is -0.405. The molecule has 1 fully saturated rings. The van der Waals surface area contributed by atoms with Gasteiger partial charge in [0.15, 0.2) is 0 Å². The second-order valence-corrected chi connectivity index (χ2v) is 3.69. The number of nitrogens with zero attached hydrogens (tertiary/aromatic N) is 1. The highest BCUT2D eigenvalue weighted by molar-refractivity contribution is 4.81. The highest BCUT2D eigenvalue weighted by Gasteiger charge is 2.26. The molecule has 2 heteroatoms. The van der Waals surface area contributed by atoms with Crippen LogP contribution in [0.5, 0.6) is 0 Å². The van der Waals surface area contributed by atoms with Gasteiger partial charge in [-0.05, 0) is 32.7 Å². The summed E-state index contributed by atoms with van der Waals surface area (Å²) in [5.41, 5.74) is -0.405. The molecule has 1 N–H and O–H groups in total. The van der Waals surface area contributed by atoms with Gasteiger partial charge in [-0.25, -0.2) is 0 Å². The van der Waals surface area contributed by atoms with Crippen LogP contribution in [-0.4, -0.2) is 35.2 Å². The molecule has 0 aliphatic carbocycles. The molecule has 0 saturated carbocycles. The van der Waals surface area contributed by atoms with E-state index in [0.29, 0.717) is 0 Å². The number of hydrogen-bond donors (Lipinski definition) is 1. The maximum absolute atomic E-state index is 9.62. The van der Waals surface area contributed by atoms with E-state index in [9.17, 15) is 5.11 Å². The zero-order valence-corrected chi connectivity index (χ0v) is 7.34. The first kappa shape index (κ1) is 9.01. The summed E-state index contributed by atoms with van der Waals surface area (Å²) in [7, 11) is 0. The average Bonchev–Trinajstić information content (AvgIpc) is 1.94. The van der Waals surface area contributed by atoms with Crippen molar-refractivity contribution in [3.8, 4) is 0 Å². The molecular formula is C9H18NO. The van der Waals surface area contributed by atoms with Gasteiger partial charge in [0.05, 0.1) is 5.60 Å². The Balaban J connectivity index is 2.25. The number of hydrogen-bond acceptors (Lipinski definition) is 2. The molecule has 0 unspecified atom stereocenters. The summed E-state index contributed by atoms with van der Waals surface area (Å²) in [6.07, 6.45) is 2.79. The van der Waals surface area contributed by atoms with Crippen LogP contribution >= 0.6 is 0 Å². The molecule has 1 heterocycles. The lowest BCUT2D eigenvalue weighted by atomic mass is 9.94. The van der Waals surface area contributed by atoms with Crippen LogP contribution in [0.4, 0.5) is 0 Å². The summed E-state index contributed by atoms with van der Waals surface area (Å²) >= 11 is 0. The molecule has 1 radical (unpaired) electrons. The Morgan fingerprint density at radius 3 is 2.45 bits per heavy atom. The topological polar surface area (TPSA) is 23.5 Å². The Morgan fingerprint density at radius 2 is 2.00 bits per heavy atom. The summed E-state index contributed by atoms with van der Waals surface area (Å²) in [4.78, 5) is 2.37. The molecule has 1 aliphatic heterocycles. The molecule has 1 aliphatic rings. The van der Waals surface area contributed by atoms with Gasteiger partial charge in [0.25, 0.3) is 0 Å². The SMILES string of the molecule is [CH2]CCN1CCC(C)(O)CC1. The second kappa shape index (κ2) is 3.55. The lowest BCUT2D eigenvalue weighted by molar-refractivity contribution is -0.00481. The number of rotatable bonds is 2. The molecule has 0 aromatic heterocycles. The largest absolute Gasteiger partial charge is 0.390 e. The number of aliphatic hydroxyl groups is 1. The Morgan fingerprint density at radius 1 is 1.45 bits per heavy atom. The summed E-state index contributed by atoms with van der Waals surface area (Å²) in [6, 6.07) is 0. The Hall–Kier alpha value is -0.0800. The summed E-state index contributed by atoms with van der Waals surface area (Å²) in [5.74, 6) is 0. The lowest BCUT2D eigenvalue weighted by Gasteiger charge is -2.35. The highest BCUT2D eigenvalue weighted by Crippen LogP contribution is 2.20. The van der Waals surface area contributed by atoms with E-state index in [-0.39, 0.29) is 0 Å². The third-order valence-corrected chi connectivity index (χ3v) is 2.41. The van der Waals surface area contributed by atoms with Crippen molar-refractivity contribution in [2.24, 2.45) is 0 Å². The fraction of sp³-hybridized carbons (Fsp3) is 0.889. The van der Waals surface area contributed by atoms with Crippen LogP contribution in [-0.2, 0) is 0 Å². The van der Waals surface area contributed by atoms with Crippen molar-refractivity contribution < 1.29 is 5.11 Å². The first-order chi connectivity index (χ1) is 5.14. The van der Waals surface area contributed by atoms with Gasteiger partial charge in [0, 0.05) is 13.1 Å². The van der Waals surface area contributed by atoms with Crippen LogP contribution in [0.1, 0.15) is 26.2 Å². The van der Waals surface area contributed by atoms with Crippen LogP contribution in [0, 0.1) is 6.92 Å². The summed E-state index contributed by atoms with van der Waals surface area (Å²) in [5, 5.41) is 9.62. The molecule has 0 spiro atoms. The van der Waals surface area contributed by atoms with Gasteiger partial charge in [-0.2, -0.15) is 0 Å². The van der Waals surface area contributed by atoms with Crippen LogP contribution in [0.3, 0.4) is 0 Å². The predicted octanol–water partition coefficient (Wildman–Crippen LogP) is 1.06. The van der Waals surface area contributed by atoms with Crippen LogP contribution in [0.2, 0.25) is 0 Å². The van der Waals surface area contributed by atoms with E-state index in [0.717, 1.165) is 38.9 Å². The first-order valence-electron chi connectivity index (χ1n) is 4.38. The minimum absolute atomic E-state index is 0.405. The third-order valence-electron chi connectivity index (χ3n) is 2.41. The van der Waals surface area contributed by atoms with E-state index >= 15 is 0 Å². The van der Waals surface area contributed by atoms with E-state index in [1.54, 1.807) is 0 Å². The van der Waals surface area contributed by atoms with Crippen molar-refractivity contribution in [1.29, 1.82) is 0 Å². The fourth-order valence-electron chi connectivity index (χ4n) is 1.48. The Labute approximate surface area is 69.2 Å². The van der Waals surface area contributed by atoms with Gasteiger partial charge in [-0.1, -0.05) is 6.92 Å². The van der Waals surface area contributed by atoms with Crippen LogP contribution in [0.25, 0.3) is 0 Å². The quantitative estimate of drug-likeness (QED) is 0.646. The van der Waals surface area contributed by atoms with Gasteiger partial charge in [-0.3, -0.25) is 0 Å². The van der Waals surface area contributed by atoms with E-state index in [4.69, 9.17) is 0 Å². The number of piperidine rings is 1. The standard InChI is InChI=1S/C9H18NO/c1-3-6-10-7-4-9(2,11)5-8-10/h11H,1,3-8H2,2H3. The van der Waals surface area contributed by atoms with Gasteiger partial charge in [0.2, 0.25) is 0 Å². The molecule has 1 saturated heterocycles. The van der Waals surface area contributed by atoms with Crippen molar-refractivity contribution in [2.45, 2.75) is 31.8 Å². The second-order valence-electron chi connectivity index (χ2n) is 3.69. The number of likely N-dealkylation sites (tertiary alicyclic amines) is 1. The van der Waals surface area contributed by atoms with Gasteiger partial charge < -0.3 is 10.0 Å². The maximum Gasteiger partial charge on any atom is 0.0644 e. The Bertz CT molecular complexity index is 113. The minimum Gasteiger partial charge on any atom is -0.390 e. The monoisotopic (exact) mass is 156 g/mol. The first-order valence-corrected chi connectivity index (χ1v) is 4.38. The zero-order valence-electron chi connectivity index (χ0n) is 7.34. The summed E-state index contributed by atoms with van der Waals surface area (Å²) in [6.45, 7) is 8.88. The molecule has 2 nitrogen and oxygen atoms in total. The normalized spacial score (nSPS) is 25.4. The van der Waals surface area contributed by atoms with Gasteiger partial charge >= 0.3 is 0 Å². The van der Waals surface area contributed by atoms with Crippen molar-refractivity contribution in [1.82, 2.24) is 4.90 Å². The summed E-state index contributed by atoms with van der Waals surface area (Å²) < 4.78 is 0.